The minimum absolute atomic E-state index is 0. The third kappa shape index (κ3) is 3.61. The van der Waals surface area contributed by atoms with Crippen molar-refractivity contribution in [2.24, 2.45) is 11.7 Å². The lowest BCUT2D eigenvalue weighted by Crippen LogP contribution is -2.53. The molecule has 1 atom stereocenters. The molecule has 1 aliphatic carbocycles. The number of amides is 3. The number of nitrogens with one attached hydrogen (secondary N) is 2. The van der Waals surface area contributed by atoms with E-state index in [1.54, 1.807) is 23.1 Å². The van der Waals surface area contributed by atoms with Crippen molar-refractivity contribution in [3.05, 3.63) is 28.8 Å². The van der Waals surface area contributed by atoms with Crippen molar-refractivity contribution in [2.75, 3.05) is 24.5 Å². The number of carbonyl (C=O) groups is 2. The monoisotopic (exact) mass is 372 g/mol. The zero-order chi connectivity index (χ0) is 16.6. The van der Waals surface area contributed by atoms with E-state index in [4.69, 9.17) is 17.3 Å². The predicted molar refractivity (Wildman–Crippen MR) is 97.1 cm³/mol. The number of benzene rings is 1. The van der Waals surface area contributed by atoms with Crippen LogP contribution in [0.5, 0.6) is 0 Å². The largest absolute Gasteiger partial charge is 0.345 e. The molecule has 3 amide bonds. The second kappa shape index (κ2) is 7.17. The smallest absolute Gasteiger partial charge is 0.322 e. The van der Waals surface area contributed by atoms with Gasteiger partial charge < -0.3 is 16.4 Å². The van der Waals surface area contributed by atoms with Crippen molar-refractivity contribution in [1.82, 2.24) is 10.6 Å². The summed E-state index contributed by atoms with van der Waals surface area (Å²) in [5.74, 6) is 0.245. The number of rotatable bonds is 5. The molecule has 1 aromatic carbocycles. The molecule has 132 valence electrons. The normalized spacial score (nSPS) is 19.3. The van der Waals surface area contributed by atoms with Gasteiger partial charge in [-0.3, -0.25) is 9.69 Å². The van der Waals surface area contributed by atoms with Crippen LogP contribution < -0.4 is 21.3 Å². The Kier molecular flexibility index (Phi) is 5.63. The SMILES string of the molecule is CC(CN)(NC(=O)c1ccc(Cl)c(N2CCNC2=O)c1)C1CC1.Cl. The Bertz CT molecular complexity index is 651. The molecular formula is C16H22Cl2N4O2. The lowest BCUT2D eigenvalue weighted by molar-refractivity contribution is 0.0898. The predicted octanol–water partition coefficient (Wildman–Crippen LogP) is 2.15. The fourth-order valence-corrected chi connectivity index (χ4v) is 3.15. The molecule has 0 radical (unpaired) electrons. The Labute approximate surface area is 152 Å². The first-order valence-electron chi connectivity index (χ1n) is 7.82. The number of carbonyl (C=O) groups excluding carboxylic acids is 2. The van der Waals surface area contributed by atoms with E-state index >= 15 is 0 Å². The molecule has 24 heavy (non-hydrogen) atoms. The van der Waals surface area contributed by atoms with Gasteiger partial charge in [-0.15, -0.1) is 12.4 Å². The minimum Gasteiger partial charge on any atom is -0.345 e. The maximum Gasteiger partial charge on any atom is 0.322 e. The van der Waals surface area contributed by atoms with Gasteiger partial charge in [-0.05, 0) is 43.9 Å². The van der Waals surface area contributed by atoms with Crippen LogP contribution in [0.3, 0.4) is 0 Å². The van der Waals surface area contributed by atoms with Crippen LogP contribution in [0.25, 0.3) is 0 Å². The molecule has 6 nitrogen and oxygen atoms in total. The zero-order valence-corrected chi connectivity index (χ0v) is 15.0. The van der Waals surface area contributed by atoms with E-state index in [0.29, 0.717) is 41.8 Å². The zero-order valence-electron chi connectivity index (χ0n) is 13.5. The maximum atomic E-state index is 12.6. The van der Waals surface area contributed by atoms with Gasteiger partial charge in [-0.2, -0.15) is 0 Å². The van der Waals surface area contributed by atoms with Crippen molar-refractivity contribution >= 4 is 41.6 Å². The highest BCUT2D eigenvalue weighted by Gasteiger charge is 2.41. The van der Waals surface area contributed by atoms with Crippen LogP contribution in [0, 0.1) is 5.92 Å². The molecule has 8 heteroatoms. The van der Waals surface area contributed by atoms with Crippen molar-refractivity contribution in [2.45, 2.75) is 25.3 Å². The molecule has 2 aliphatic rings. The average Bonchev–Trinajstić information content (AvgIpc) is 3.31. The lowest BCUT2D eigenvalue weighted by atomic mass is 9.95. The van der Waals surface area contributed by atoms with E-state index in [1.165, 1.54) is 0 Å². The molecule has 1 saturated carbocycles. The van der Waals surface area contributed by atoms with E-state index in [0.717, 1.165) is 12.8 Å². The Hall–Kier alpha value is -1.50. The highest BCUT2D eigenvalue weighted by molar-refractivity contribution is 6.34. The summed E-state index contributed by atoms with van der Waals surface area (Å²) in [7, 11) is 0. The summed E-state index contributed by atoms with van der Waals surface area (Å²) in [4.78, 5) is 25.9. The number of nitrogens with zero attached hydrogens (tertiary/aromatic N) is 1. The molecule has 4 N–H and O–H groups in total. The van der Waals surface area contributed by atoms with E-state index in [9.17, 15) is 9.59 Å². The van der Waals surface area contributed by atoms with Gasteiger partial charge in [-0.1, -0.05) is 11.6 Å². The van der Waals surface area contributed by atoms with Gasteiger partial charge in [0.2, 0.25) is 0 Å². The standard InChI is InChI=1S/C16H21ClN4O2.ClH/c1-16(9-18,11-3-4-11)20-14(22)10-2-5-12(17)13(8-10)21-7-6-19-15(21)23;/h2,5,8,11H,3-4,6-7,9,18H2,1H3,(H,19,23)(H,20,22);1H. The number of nitrogens with two attached hydrogens (primary N) is 1. The fourth-order valence-electron chi connectivity index (χ4n) is 2.93. The Morgan fingerprint density at radius 2 is 2.21 bits per heavy atom. The molecule has 1 aliphatic heterocycles. The van der Waals surface area contributed by atoms with Gasteiger partial charge in [0.1, 0.15) is 0 Å². The molecule has 1 aromatic rings. The first-order valence-corrected chi connectivity index (χ1v) is 8.20. The molecule has 1 heterocycles. The van der Waals surface area contributed by atoms with Gasteiger partial charge >= 0.3 is 6.03 Å². The van der Waals surface area contributed by atoms with Gasteiger partial charge in [-0.25, -0.2) is 4.79 Å². The third-order valence-electron chi connectivity index (χ3n) is 4.66. The quantitative estimate of drug-likeness (QED) is 0.739. The highest BCUT2D eigenvalue weighted by atomic mass is 35.5. The number of hydrogen-bond donors (Lipinski definition) is 3. The molecule has 0 spiro atoms. The van der Waals surface area contributed by atoms with E-state index in [-0.39, 0.29) is 29.9 Å². The second-order valence-corrected chi connectivity index (χ2v) is 6.81. The van der Waals surface area contributed by atoms with Crippen molar-refractivity contribution in [1.29, 1.82) is 0 Å². The summed E-state index contributed by atoms with van der Waals surface area (Å²) in [6, 6.07) is 4.77. The highest BCUT2D eigenvalue weighted by Crippen LogP contribution is 2.39. The molecular weight excluding hydrogens is 351 g/mol. The van der Waals surface area contributed by atoms with E-state index in [1.807, 2.05) is 6.92 Å². The fraction of sp³-hybridized carbons (Fsp3) is 0.500. The molecule has 2 fully saturated rings. The Morgan fingerprint density at radius 3 is 2.75 bits per heavy atom. The second-order valence-electron chi connectivity index (χ2n) is 6.40. The van der Waals surface area contributed by atoms with Gasteiger partial charge in [0.25, 0.3) is 5.91 Å². The summed E-state index contributed by atoms with van der Waals surface area (Å²) >= 11 is 6.19. The Balaban J connectivity index is 0.00000208. The van der Waals surface area contributed by atoms with Crippen LogP contribution in [0.15, 0.2) is 18.2 Å². The molecule has 0 aromatic heterocycles. The first-order chi connectivity index (χ1) is 10.9. The first kappa shape index (κ1) is 18.8. The van der Waals surface area contributed by atoms with Crippen LogP contribution in [0.4, 0.5) is 10.5 Å². The summed E-state index contributed by atoms with van der Waals surface area (Å²) in [5.41, 5.74) is 6.49. The van der Waals surface area contributed by atoms with Crippen LogP contribution in [-0.2, 0) is 0 Å². The maximum absolute atomic E-state index is 12.6. The number of halogens is 2. The summed E-state index contributed by atoms with van der Waals surface area (Å²) in [6.07, 6.45) is 2.18. The van der Waals surface area contributed by atoms with Gasteiger partial charge in [0.15, 0.2) is 0 Å². The van der Waals surface area contributed by atoms with Crippen molar-refractivity contribution in [3.63, 3.8) is 0 Å². The summed E-state index contributed by atoms with van der Waals surface area (Å²) in [5, 5.41) is 6.22. The summed E-state index contributed by atoms with van der Waals surface area (Å²) < 4.78 is 0. The number of hydrogen-bond acceptors (Lipinski definition) is 3. The van der Waals surface area contributed by atoms with Crippen LogP contribution >= 0.6 is 24.0 Å². The van der Waals surface area contributed by atoms with Crippen LogP contribution in [0.2, 0.25) is 5.02 Å². The van der Waals surface area contributed by atoms with Gasteiger partial charge in [0.05, 0.1) is 16.2 Å². The summed E-state index contributed by atoms with van der Waals surface area (Å²) in [6.45, 7) is 3.48. The molecule has 0 bridgehead atoms. The minimum atomic E-state index is -0.387. The number of urea groups is 1. The molecule has 3 rings (SSSR count). The topological polar surface area (TPSA) is 87.5 Å². The average molecular weight is 373 g/mol. The van der Waals surface area contributed by atoms with Crippen LogP contribution in [-0.4, -0.2) is 37.1 Å². The van der Waals surface area contributed by atoms with Crippen molar-refractivity contribution in [3.8, 4) is 0 Å². The van der Waals surface area contributed by atoms with Crippen molar-refractivity contribution < 1.29 is 9.59 Å². The Morgan fingerprint density at radius 1 is 1.50 bits per heavy atom. The lowest BCUT2D eigenvalue weighted by Gasteiger charge is -2.29. The van der Waals surface area contributed by atoms with Crippen LogP contribution in [0.1, 0.15) is 30.1 Å². The van der Waals surface area contributed by atoms with Gasteiger partial charge in [0, 0.05) is 25.2 Å². The molecule has 1 unspecified atom stereocenters. The van der Waals surface area contributed by atoms with E-state index < -0.39 is 0 Å². The van der Waals surface area contributed by atoms with E-state index in [2.05, 4.69) is 10.6 Å². The number of anilines is 1. The third-order valence-corrected chi connectivity index (χ3v) is 4.98. The molecule has 1 saturated heterocycles.